The number of nitrogens with zero attached hydrogens (tertiary/aromatic N) is 1. The number of hydrogen-bond donors (Lipinski definition) is 1. The Bertz CT molecular complexity index is 1070. The van der Waals surface area contributed by atoms with Crippen molar-refractivity contribution >= 4 is 17.4 Å². The van der Waals surface area contributed by atoms with E-state index in [0.717, 1.165) is 18.4 Å². The molecule has 2 fully saturated rings. The molecule has 7 heteroatoms. The minimum Gasteiger partial charge on any atom is -0.507 e. The molecule has 0 aliphatic carbocycles. The maximum atomic E-state index is 13.2. The molecule has 2 aromatic carbocycles. The van der Waals surface area contributed by atoms with E-state index >= 15 is 0 Å². The van der Waals surface area contributed by atoms with Crippen LogP contribution in [-0.2, 0) is 14.3 Å². The summed E-state index contributed by atoms with van der Waals surface area (Å²) in [4.78, 5) is 27.9. The van der Waals surface area contributed by atoms with Crippen LogP contribution in [0, 0.1) is 6.92 Å². The van der Waals surface area contributed by atoms with Crippen LogP contribution in [0.25, 0.3) is 5.76 Å². The van der Waals surface area contributed by atoms with Gasteiger partial charge in [-0.3, -0.25) is 9.59 Å². The van der Waals surface area contributed by atoms with Crippen molar-refractivity contribution in [3.63, 3.8) is 0 Å². The normalized spacial score (nSPS) is 22.1. The summed E-state index contributed by atoms with van der Waals surface area (Å²) in [6, 6.07) is 11.9. The highest BCUT2D eigenvalue weighted by Gasteiger charge is 2.47. The molecule has 2 aliphatic rings. The van der Waals surface area contributed by atoms with Crippen LogP contribution >= 0.6 is 0 Å². The number of ether oxygens (including phenoxy) is 3. The van der Waals surface area contributed by atoms with Crippen LogP contribution in [0.15, 0.2) is 48.0 Å². The second-order valence-corrected chi connectivity index (χ2v) is 8.29. The highest BCUT2D eigenvalue weighted by atomic mass is 16.5. The van der Waals surface area contributed by atoms with E-state index in [0.29, 0.717) is 35.8 Å². The number of methoxy groups -OCH3 is 1. The maximum Gasteiger partial charge on any atom is 0.295 e. The SMILES string of the molecule is CCOc1ccc(C2/C(=C(\O)c3cc(C)ccc3OC)C(=O)C(=O)N2CC2CCCO2)cc1. The average molecular weight is 452 g/mol. The first-order valence-electron chi connectivity index (χ1n) is 11.2. The Morgan fingerprint density at radius 2 is 1.94 bits per heavy atom. The van der Waals surface area contributed by atoms with Crippen molar-refractivity contribution in [2.75, 3.05) is 26.9 Å². The Hall–Kier alpha value is -3.32. The van der Waals surface area contributed by atoms with E-state index in [1.54, 1.807) is 24.3 Å². The van der Waals surface area contributed by atoms with Gasteiger partial charge in [-0.1, -0.05) is 23.8 Å². The molecule has 0 bridgehead atoms. The van der Waals surface area contributed by atoms with Crippen molar-refractivity contribution in [1.29, 1.82) is 0 Å². The van der Waals surface area contributed by atoms with Gasteiger partial charge in [0.1, 0.15) is 17.3 Å². The Morgan fingerprint density at radius 1 is 1.18 bits per heavy atom. The average Bonchev–Trinajstić information content (AvgIpc) is 3.42. The minimum absolute atomic E-state index is 0.0473. The highest BCUT2D eigenvalue weighted by Crippen LogP contribution is 2.42. The van der Waals surface area contributed by atoms with E-state index in [2.05, 4.69) is 0 Å². The summed E-state index contributed by atoms with van der Waals surface area (Å²) < 4.78 is 16.7. The number of carbonyl (C=O) groups excluding carboxylic acids is 2. The molecular formula is C26H29NO6. The van der Waals surface area contributed by atoms with Gasteiger partial charge in [0.15, 0.2) is 0 Å². The predicted molar refractivity (Wildman–Crippen MR) is 123 cm³/mol. The van der Waals surface area contributed by atoms with Gasteiger partial charge in [-0.05, 0) is 56.5 Å². The summed E-state index contributed by atoms with van der Waals surface area (Å²) in [6.07, 6.45) is 1.61. The summed E-state index contributed by atoms with van der Waals surface area (Å²) >= 11 is 0. The van der Waals surface area contributed by atoms with E-state index in [-0.39, 0.29) is 24.0 Å². The zero-order valence-corrected chi connectivity index (χ0v) is 19.2. The zero-order chi connectivity index (χ0) is 23.5. The fourth-order valence-electron chi connectivity index (χ4n) is 4.49. The number of aliphatic hydroxyl groups excluding tert-OH is 1. The van der Waals surface area contributed by atoms with E-state index < -0.39 is 17.7 Å². The monoisotopic (exact) mass is 451 g/mol. The maximum absolute atomic E-state index is 13.2. The summed E-state index contributed by atoms with van der Waals surface area (Å²) in [6.45, 7) is 5.24. The van der Waals surface area contributed by atoms with Gasteiger partial charge in [0.05, 0.1) is 37.0 Å². The Kier molecular flexibility index (Phi) is 6.70. The molecule has 0 spiro atoms. The molecule has 1 amide bonds. The van der Waals surface area contributed by atoms with Crippen molar-refractivity contribution in [2.45, 2.75) is 38.8 Å². The third-order valence-corrected chi connectivity index (χ3v) is 6.08. The van der Waals surface area contributed by atoms with Crippen LogP contribution in [0.4, 0.5) is 0 Å². The van der Waals surface area contributed by atoms with Gasteiger partial charge in [-0.15, -0.1) is 0 Å². The Balaban J connectivity index is 1.84. The van der Waals surface area contributed by atoms with E-state index in [9.17, 15) is 14.7 Å². The van der Waals surface area contributed by atoms with Gasteiger partial charge in [0, 0.05) is 13.2 Å². The van der Waals surface area contributed by atoms with Crippen molar-refractivity contribution in [1.82, 2.24) is 4.90 Å². The van der Waals surface area contributed by atoms with Crippen LogP contribution in [0.3, 0.4) is 0 Å². The standard InChI is InChI=1S/C26H29NO6/c1-4-32-18-10-8-17(9-11-18)23-22(24(28)20-14-16(2)7-12-21(20)31-3)25(29)26(30)27(23)15-19-6-5-13-33-19/h7-12,14,19,23,28H,4-6,13,15H2,1-3H3/b24-22+. The van der Waals surface area contributed by atoms with Crippen LogP contribution in [0.1, 0.15) is 42.5 Å². The topological polar surface area (TPSA) is 85.3 Å². The fraction of sp³-hybridized carbons (Fsp3) is 0.385. The number of benzene rings is 2. The van der Waals surface area contributed by atoms with Gasteiger partial charge in [-0.25, -0.2) is 0 Å². The lowest BCUT2D eigenvalue weighted by molar-refractivity contribution is -0.140. The number of carbonyl (C=O) groups is 2. The molecular weight excluding hydrogens is 422 g/mol. The lowest BCUT2D eigenvalue weighted by Crippen LogP contribution is -2.36. The van der Waals surface area contributed by atoms with Gasteiger partial charge >= 0.3 is 0 Å². The Labute approximate surface area is 193 Å². The molecule has 0 radical (unpaired) electrons. The van der Waals surface area contributed by atoms with Gasteiger partial charge < -0.3 is 24.2 Å². The van der Waals surface area contributed by atoms with Crippen LogP contribution < -0.4 is 9.47 Å². The predicted octanol–water partition coefficient (Wildman–Crippen LogP) is 4.00. The van der Waals surface area contributed by atoms with Gasteiger partial charge in [0.2, 0.25) is 0 Å². The van der Waals surface area contributed by atoms with Gasteiger partial charge in [-0.2, -0.15) is 0 Å². The third-order valence-electron chi connectivity index (χ3n) is 6.08. The number of likely N-dealkylation sites (tertiary alicyclic amines) is 1. The van der Waals surface area contributed by atoms with Gasteiger partial charge in [0.25, 0.3) is 11.7 Å². The number of aliphatic hydroxyl groups is 1. The zero-order valence-electron chi connectivity index (χ0n) is 19.2. The van der Waals surface area contributed by atoms with E-state index in [1.807, 2.05) is 32.0 Å². The van der Waals surface area contributed by atoms with Crippen molar-refractivity contribution in [2.24, 2.45) is 0 Å². The van der Waals surface area contributed by atoms with Crippen LogP contribution in [0.5, 0.6) is 11.5 Å². The molecule has 2 aliphatic heterocycles. The minimum atomic E-state index is -0.741. The summed E-state index contributed by atoms with van der Waals surface area (Å²) in [7, 11) is 1.50. The number of hydrogen-bond acceptors (Lipinski definition) is 6. The van der Waals surface area contributed by atoms with Crippen LogP contribution in [0.2, 0.25) is 0 Å². The molecule has 7 nitrogen and oxygen atoms in total. The number of Topliss-reactive ketones (excluding diaryl/α,β-unsaturated/α-hetero) is 1. The molecule has 2 aromatic rings. The molecule has 2 saturated heterocycles. The first kappa shape index (κ1) is 22.9. The number of rotatable bonds is 7. The molecule has 2 unspecified atom stereocenters. The molecule has 1 N–H and O–H groups in total. The summed E-state index contributed by atoms with van der Waals surface area (Å²) in [5, 5.41) is 11.3. The van der Waals surface area contributed by atoms with Crippen molar-refractivity contribution < 1.29 is 28.9 Å². The molecule has 0 saturated carbocycles. The second-order valence-electron chi connectivity index (χ2n) is 8.29. The highest BCUT2D eigenvalue weighted by molar-refractivity contribution is 6.46. The first-order chi connectivity index (χ1) is 15.9. The van der Waals surface area contributed by atoms with Crippen molar-refractivity contribution in [3.05, 3.63) is 64.7 Å². The molecule has 33 heavy (non-hydrogen) atoms. The number of ketones is 1. The van der Waals surface area contributed by atoms with Crippen molar-refractivity contribution in [3.8, 4) is 11.5 Å². The number of amides is 1. The smallest absolute Gasteiger partial charge is 0.295 e. The largest absolute Gasteiger partial charge is 0.507 e. The lowest BCUT2D eigenvalue weighted by Gasteiger charge is -2.27. The van der Waals surface area contributed by atoms with E-state index in [1.165, 1.54) is 12.0 Å². The quantitative estimate of drug-likeness (QED) is 0.389. The molecule has 0 aromatic heterocycles. The molecule has 2 heterocycles. The molecule has 174 valence electrons. The number of aryl methyl sites for hydroxylation is 1. The summed E-state index contributed by atoms with van der Waals surface area (Å²) in [5.74, 6) is -0.486. The van der Waals surface area contributed by atoms with E-state index in [4.69, 9.17) is 14.2 Å². The summed E-state index contributed by atoms with van der Waals surface area (Å²) in [5.41, 5.74) is 2.03. The molecule has 4 rings (SSSR count). The second kappa shape index (κ2) is 9.67. The fourth-order valence-corrected chi connectivity index (χ4v) is 4.49. The van der Waals surface area contributed by atoms with Crippen LogP contribution in [-0.4, -0.2) is 54.7 Å². The Morgan fingerprint density at radius 3 is 2.58 bits per heavy atom. The first-order valence-corrected chi connectivity index (χ1v) is 11.2. The third kappa shape index (κ3) is 4.46. The molecule has 2 atom stereocenters. The lowest BCUT2D eigenvalue weighted by atomic mass is 9.94.